The van der Waals surface area contributed by atoms with E-state index in [1.165, 1.54) is 35.5 Å². The van der Waals surface area contributed by atoms with Crippen molar-refractivity contribution in [3.05, 3.63) is 29.8 Å². The van der Waals surface area contributed by atoms with Crippen molar-refractivity contribution in [3.8, 4) is 6.07 Å². The molecular weight excluding hydrogens is 316 g/mol. The number of hydrogen-bond acceptors (Lipinski definition) is 5. The van der Waals surface area contributed by atoms with Gasteiger partial charge in [0.15, 0.2) is 6.10 Å². The highest BCUT2D eigenvalue weighted by Crippen LogP contribution is 2.23. The molecule has 0 unspecified atom stereocenters. The molecule has 0 aliphatic carbocycles. The second kappa shape index (κ2) is 7.11. The summed E-state index contributed by atoms with van der Waals surface area (Å²) in [6.45, 7) is 4.63. The summed E-state index contributed by atoms with van der Waals surface area (Å²) < 4.78 is 31.5. The van der Waals surface area contributed by atoms with Gasteiger partial charge in [-0.2, -0.15) is 9.57 Å². The Hall–Kier alpha value is -1.91. The minimum atomic E-state index is -3.53. The topological polar surface area (TPSA) is 87.5 Å². The van der Waals surface area contributed by atoms with Crippen LogP contribution in [0.2, 0.25) is 0 Å². The van der Waals surface area contributed by atoms with Crippen molar-refractivity contribution >= 4 is 16.0 Å². The van der Waals surface area contributed by atoms with Crippen molar-refractivity contribution < 1.29 is 17.9 Å². The number of hydrogen-bond donors (Lipinski definition) is 0. The van der Waals surface area contributed by atoms with Gasteiger partial charge in [-0.15, -0.1) is 0 Å². The van der Waals surface area contributed by atoms with Crippen LogP contribution in [0.4, 0.5) is 0 Å². The first kappa shape index (κ1) is 17.4. The van der Waals surface area contributed by atoms with E-state index >= 15 is 0 Å². The molecule has 0 spiro atoms. The van der Waals surface area contributed by atoms with Crippen LogP contribution in [0.25, 0.3) is 0 Å². The van der Waals surface area contributed by atoms with Crippen molar-refractivity contribution in [2.24, 2.45) is 5.92 Å². The van der Waals surface area contributed by atoms with Gasteiger partial charge in [0.1, 0.15) is 6.07 Å². The number of carbonyl (C=O) groups excluding carboxylic acids is 1. The zero-order valence-corrected chi connectivity index (χ0v) is 14.0. The molecule has 1 aromatic carbocycles. The van der Waals surface area contributed by atoms with Crippen LogP contribution < -0.4 is 0 Å². The average molecular weight is 336 g/mol. The van der Waals surface area contributed by atoms with Gasteiger partial charge in [-0.05, 0) is 49.9 Å². The summed E-state index contributed by atoms with van der Waals surface area (Å²) >= 11 is 0. The normalized spacial score (nSPS) is 18.1. The molecule has 0 bridgehead atoms. The molecule has 124 valence electrons. The SMILES string of the molecule is CC1CCN(S(=O)(=O)c2ccc(C(=O)O[C@H](C)C#N)cc2)CC1. The van der Waals surface area contributed by atoms with Gasteiger partial charge in [-0.1, -0.05) is 6.92 Å². The van der Waals surface area contributed by atoms with Gasteiger partial charge in [-0.25, -0.2) is 13.2 Å². The number of nitriles is 1. The molecule has 1 heterocycles. The third-order valence-corrected chi connectivity index (χ3v) is 5.85. The van der Waals surface area contributed by atoms with Gasteiger partial charge in [0.25, 0.3) is 0 Å². The molecule has 1 aliphatic heterocycles. The molecule has 1 atom stereocenters. The van der Waals surface area contributed by atoms with Crippen LogP contribution in [0.3, 0.4) is 0 Å². The fourth-order valence-corrected chi connectivity index (χ4v) is 3.86. The van der Waals surface area contributed by atoms with E-state index in [0.717, 1.165) is 12.8 Å². The molecule has 0 amide bonds. The van der Waals surface area contributed by atoms with E-state index in [1.54, 1.807) is 6.07 Å². The maximum Gasteiger partial charge on any atom is 0.339 e. The molecule has 0 aromatic heterocycles. The summed E-state index contributed by atoms with van der Waals surface area (Å²) in [4.78, 5) is 11.9. The first-order valence-corrected chi connectivity index (χ1v) is 8.99. The average Bonchev–Trinajstić information content (AvgIpc) is 2.55. The minimum Gasteiger partial charge on any atom is -0.444 e. The lowest BCUT2D eigenvalue weighted by atomic mass is 10.0. The minimum absolute atomic E-state index is 0.164. The lowest BCUT2D eigenvalue weighted by Gasteiger charge is -2.29. The third kappa shape index (κ3) is 4.09. The zero-order chi connectivity index (χ0) is 17.0. The first-order valence-electron chi connectivity index (χ1n) is 7.55. The van der Waals surface area contributed by atoms with Gasteiger partial charge in [0, 0.05) is 13.1 Å². The van der Waals surface area contributed by atoms with Crippen molar-refractivity contribution in [1.82, 2.24) is 4.31 Å². The molecule has 0 radical (unpaired) electrons. The van der Waals surface area contributed by atoms with Crippen LogP contribution in [-0.4, -0.2) is 37.9 Å². The zero-order valence-electron chi connectivity index (χ0n) is 13.2. The monoisotopic (exact) mass is 336 g/mol. The third-order valence-electron chi connectivity index (χ3n) is 3.94. The molecule has 1 aromatic rings. The molecule has 23 heavy (non-hydrogen) atoms. The van der Waals surface area contributed by atoms with Crippen molar-refractivity contribution in [3.63, 3.8) is 0 Å². The van der Waals surface area contributed by atoms with E-state index in [0.29, 0.717) is 19.0 Å². The smallest absolute Gasteiger partial charge is 0.339 e. The van der Waals surface area contributed by atoms with Gasteiger partial charge >= 0.3 is 5.97 Å². The highest BCUT2D eigenvalue weighted by molar-refractivity contribution is 7.89. The van der Waals surface area contributed by atoms with E-state index < -0.39 is 22.1 Å². The maximum atomic E-state index is 12.6. The predicted molar refractivity (Wildman–Crippen MR) is 84.1 cm³/mol. The summed E-state index contributed by atoms with van der Waals surface area (Å²) in [5.41, 5.74) is 0.221. The lowest BCUT2D eigenvalue weighted by Crippen LogP contribution is -2.37. The summed E-state index contributed by atoms with van der Waals surface area (Å²) in [5, 5.41) is 8.63. The van der Waals surface area contributed by atoms with Gasteiger partial charge in [0.2, 0.25) is 10.0 Å². The highest BCUT2D eigenvalue weighted by Gasteiger charge is 2.28. The Morgan fingerprint density at radius 2 is 1.87 bits per heavy atom. The van der Waals surface area contributed by atoms with Gasteiger partial charge in [-0.3, -0.25) is 0 Å². The molecular formula is C16H20N2O4S. The van der Waals surface area contributed by atoms with Crippen molar-refractivity contribution in [1.29, 1.82) is 5.26 Å². The summed E-state index contributed by atoms with van der Waals surface area (Å²) in [5.74, 6) is -0.101. The Labute approximate surface area is 136 Å². The molecule has 6 nitrogen and oxygen atoms in total. The Balaban J connectivity index is 2.12. The molecule has 2 rings (SSSR count). The van der Waals surface area contributed by atoms with Crippen molar-refractivity contribution in [2.75, 3.05) is 13.1 Å². The largest absolute Gasteiger partial charge is 0.444 e. The fraction of sp³-hybridized carbons (Fsp3) is 0.500. The molecule has 1 saturated heterocycles. The van der Waals surface area contributed by atoms with E-state index in [9.17, 15) is 13.2 Å². The summed E-state index contributed by atoms with van der Waals surface area (Å²) in [6.07, 6.45) is 0.868. The molecule has 1 fully saturated rings. The Kier molecular flexibility index (Phi) is 5.39. The molecule has 0 N–H and O–H groups in total. The second-order valence-electron chi connectivity index (χ2n) is 5.79. The number of nitrogens with zero attached hydrogens (tertiary/aromatic N) is 2. The number of sulfonamides is 1. The lowest BCUT2D eigenvalue weighted by molar-refractivity contribution is 0.0435. The van der Waals surface area contributed by atoms with Crippen LogP contribution in [0.5, 0.6) is 0 Å². The number of piperidine rings is 1. The number of rotatable bonds is 4. The van der Waals surface area contributed by atoms with Crippen LogP contribution >= 0.6 is 0 Å². The van der Waals surface area contributed by atoms with E-state index in [1.807, 2.05) is 0 Å². The Bertz CT molecular complexity index is 699. The molecule has 1 aliphatic rings. The standard InChI is InChI=1S/C16H20N2O4S/c1-12-7-9-18(10-8-12)23(20,21)15-5-3-14(4-6-15)16(19)22-13(2)11-17/h3-6,12-13H,7-10H2,1-2H3/t13-/m1/s1. The van der Waals surface area contributed by atoms with E-state index in [-0.39, 0.29) is 10.5 Å². The Morgan fingerprint density at radius 3 is 2.39 bits per heavy atom. The van der Waals surface area contributed by atoms with E-state index in [2.05, 4.69) is 6.92 Å². The first-order chi connectivity index (χ1) is 10.8. The van der Waals surface area contributed by atoms with Crippen LogP contribution in [0.1, 0.15) is 37.0 Å². The van der Waals surface area contributed by atoms with Gasteiger partial charge < -0.3 is 4.74 Å². The second-order valence-corrected chi connectivity index (χ2v) is 7.73. The summed E-state index contributed by atoms with van der Waals surface area (Å²) in [6, 6.07) is 7.43. The van der Waals surface area contributed by atoms with Crippen LogP contribution in [-0.2, 0) is 14.8 Å². The fourth-order valence-electron chi connectivity index (χ4n) is 2.39. The number of ether oxygens (including phenoxy) is 1. The van der Waals surface area contributed by atoms with Crippen molar-refractivity contribution in [2.45, 2.75) is 37.7 Å². The predicted octanol–water partition coefficient (Wildman–Crippen LogP) is 2.18. The highest BCUT2D eigenvalue weighted by atomic mass is 32.2. The van der Waals surface area contributed by atoms with Crippen LogP contribution in [0.15, 0.2) is 29.2 Å². The Morgan fingerprint density at radius 1 is 1.30 bits per heavy atom. The van der Waals surface area contributed by atoms with E-state index in [4.69, 9.17) is 10.00 Å². The quantitative estimate of drug-likeness (QED) is 0.786. The molecule has 0 saturated carbocycles. The van der Waals surface area contributed by atoms with Gasteiger partial charge in [0.05, 0.1) is 10.5 Å². The number of carbonyl (C=O) groups is 1. The number of esters is 1. The molecule has 7 heteroatoms. The van der Waals surface area contributed by atoms with Crippen LogP contribution in [0, 0.1) is 17.2 Å². The summed E-state index contributed by atoms with van der Waals surface area (Å²) in [7, 11) is -3.53. The number of benzene rings is 1. The maximum absolute atomic E-state index is 12.6.